The van der Waals surface area contributed by atoms with Gasteiger partial charge in [-0.2, -0.15) is 5.26 Å². The van der Waals surface area contributed by atoms with E-state index in [1.165, 1.54) is 0 Å². The molecule has 1 N–H and O–H groups in total. The van der Waals surface area contributed by atoms with Crippen LogP contribution in [0.3, 0.4) is 0 Å². The van der Waals surface area contributed by atoms with Crippen LogP contribution in [0.25, 0.3) is 22.3 Å². The number of nitriles is 1. The number of rotatable bonds is 6. The van der Waals surface area contributed by atoms with Crippen molar-refractivity contribution in [1.29, 1.82) is 5.26 Å². The molecule has 8 heteroatoms. The van der Waals surface area contributed by atoms with E-state index in [1.807, 2.05) is 49.4 Å². The molecule has 0 amide bonds. The van der Waals surface area contributed by atoms with Crippen molar-refractivity contribution in [2.45, 2.75) is 33.7 Å². The van der Waals surface area contributed by atoms with Crippen molar-refractivity contribution in [2.24, 2.45) is 0 Å². The van der Waals surface area contributed by atoms with Crippen LogP contribution < -0.4 is 0 Å². The first-order chi connectivity index (χ1) is 17.1. The number of benzene rings is 2. The lowest BCUT2D eigenvalue weighted by atomic mass is 9.92. The SMILES string of the molecule is CCc1nc2c(C)cc(C)nc2n1Cc1ccc(/C(=C(/C#N)c2nnn[nH]2)c2ccccc2)cc1. The topological polar surface area (TPSA) is 109 Å². The molecule has 3 heterocycles. The van der Waals surface area contributed by atoms with Gasteiger partial charge in [-0.1, -0.05) is 61.5 Å². The fourth-order valence-electron chi connectivity index (χ4n) is 4.40. The second-order valence-electron chi connectivity index (χ2n) is 8.40. The van der Waals surface area contributed by atoms with E-state index in [4.69, 9.17) is 9.97 Å². The second-order valence-corrected chi connectivity index (χ2v) is 8.40. The van der Waals surface area contributed by atoms with E-state index >= 15 is 0 Å². The molecule has 35 heavy (non-hydrogen) atoms. The van der Waals surface area contributed by atoms with E-state index in [2.05, 4.69) is 63.3 Å². The number of nitrogens with zero attached hydrogens (tertiary/aromatic N) is 7. The molecule has 0 spiro atoms. The highest BCUT2D eigenvalue weighted by Crippen LogP contribution is 2.31. The Kier molecular flexibility index (Phi) is 5.90. The molecule has 0 radical (unpaired) electrons. The van der Waals surface area contributed by atoms with Crippen molar-refractivity contribution < 1.29 is 0 Å². The van der Waals surface area contributed by atoms with Gasteiger partial charge in [0.05, 0.1) is 6.54 Å². The van der Waals surface area contributed by atoms with Gasteiger partial charge in [-0.25, -0.2) is 15.1 Å². The van der Waals surface area contributed by atoms with Crippen LogP contribution in [0.5, 0.6) is 0 Å². The van der Waals surface area contributed by atoms with Gasteiger partial charge >= 0.3 is 0 Å². The molecular formula is C27H24N8. The lowest BCUT2D eigenvalue weighted by Crippen LogP contribution is -2.06. The van der Waals surface area contributed by atoms with E-state index in [-0.39, 0.29) is 0 Å². The van der Waals surface area contributed by atoms with Crippen molar-refractivity contribution in [3.8, 4) is 6.07 Å². The summed E-state index contributed by atoms with van der Waals surface area (Å²) in [5.74, 6) is 1.35. The number of aryl methyl sites for hydroxylation is 3. The predicted molar refractivity (Wildman–Crippen MR) is 134 cm³/mol. The molecular weight excluding hydrogens is 436 g/mol. The molecule has 0 bridgehead atoms. The minimum Gasteiger partial charge on any atom is -0.308 e. The smallest absolute Gasteiger partial charge is 0.190 e. The summed E-state index contributed by atoms with van der Waals surface area (Å²) in [6.45, 7) is 6.87. The third-order valence-electron chi connectivity index (χ3n) is 6.01. The Balaban J connectivity index is 1.57. The number of tetrazole rings is 1. The summed E-state index contributed by atoms with van der Waals surface area (Å²) in [5, 5.41) is 24.0. The average molecular weight is 461 g/mol. The monoisotopic (exact) mass is 460 g/mol. The largest absolute Gasteiger partial charge is 0.308 e. The molecule has 5 aromatic rings. The third-order valence-corrected chi connectivity index (χ3v) is 6.01. The molecule has 0 unspecified atom stereocenters. The molecule has 2 aromatic carbocycles. The second kappa shape index (κ2) is 9.31. The molecule has 0 fully saturated rings. The Bertz CT molecular complexity index is 1550. The zero-order chi connectivity index (χ0) is 24.4. The standard InChI is InChI=1S/C27H24N8/c1-4-23-30-25-17(2)14-18(3)29-27(25)35(23)16-19-10-12-21(13-11-19)24(20-8-6-5-7-9-20)22(15-28)26-31-33-34-32-26/h5-14H,4,16H2,1-3H3,(H,31,32,33,34)/b24-22-. The van der Waals surface area contributed by atoms with Crippen LogP contribution in [-0.2, 0) is 13.0 Å². The molecule has 5 rings (SSSR count). The van der Waals surface area contributed by atoms with Crippen molar-refractivity contribution in [3.05, 3.63) is 100 Å². The van der Waals surface area contributed by atoms with Crippen molar-refractivity contribution in [1.82, 2.24) is 35.2 Å². The van der Waals surface area contributed by atoms with E-state index in [0.717, 1.165) is 56.9 Å². The van der Waals surface area contributed by atoms with E-state index in [9.17, 15) is 5.26 Å². The Morgan fingerprint density at radius 2 is 1.74 bits per heavy atom. The summed E-state index contributed by atoms with van der Waals surface area (Å²) in [6, 6.07) is 22.4. The molecule has 3 aromatic heterocycles. The minimum atomic E-state index is 0.338. The molecule has 0 saturated heterocycles. The van der Waals surface area contributed by atoms with Crippen LogP contribution in [0.2, 0.25) is 0 Å². The third kappa shape index (κ3) is 4.20. The average Bonchev–Trinajstić information content (AvgIpc) is 3.52. The number of aromatic amines is 1. The van der Waals surface area contributed by atoms with Gasteiger partial charge in [0, 0.05) is 17.7 Å². The zero-order valence-electron chi connectivity index (χ0n) is 19.8. The van der Waals surface area contributed by atoms with Crippen molar-refractivity contribution in [2.75, 3.05) is 0 Å². The summed E-state index contributed by atoms with van der Waals surface area (Å²) in [5.41, 5.74) is 8.09. The number of imidazole rings is 1. The number of hydrogen-bond acceptors (Lipinski definition) is 6. The van der Waals surface area contributed by atoms with Gasteiger partial charge in [-0.3, -0.25) is 0 Å². The predicted octanol–water partition coefficient (Wildman–Crippen LogP) is 4.65. The van der Waals surface area contributed by atoms with Crippen LogP contribution in [0.4, 0.5) is 0 Å². The first kappa shape index (κ1) is 22.2. The van der Waals surface area contributed by atoms with E-state index in [0.29, 0.717) is 17.9 Å². The van der Waals surface area contributed by atoms with Gasteiger partial charge in [0.25, 0.3) is 0 Å². The molecule has 172 valence electrons. The normalized spacial score (nSPS) is 11.9. The lowest BCUT2D eigenvalue weighted by Gasteiger charge is -2.12. The molecule has 8 nitrogen and oxygen atoms in total. The maximum atomic E-state index is 9.98. The summed E-state index contributed by atoms with van der Waals surface area (Å²) in [7, 11) is 0. The van der Waals surface area contributed by atoms with Gasteiger partial charge < -0.3 is 4.57 Å². The van der Waals surface area contributed by atoms with E-state index in [1.54, 1.807) is 0 Å². The summed E-state index contributed by atoms with van der Waals surface area (Å²) < 4.78 is 2.19. The van der Waals surface area contributed by atoms with Gasteiger partial charge in [0.2, 0.25) is 0 Å². The maximum Gasteiger partial charge on any atom is 0.190 e. The van der Waals surface area contributed by atoms with Crippen molar-refractivity contribution >= 4 is 22.3 Å². The fraction of sp³-hybridized carbons (Fsp3) is 0.185. The Hall–Kier alpha value is -4.64. The molecule has 0 saturated carbocycles. The number of H-pyrrole nitrogens is 1. The fourth-order valence-corrected chi connectivity index (χ4v) is 4.40. The molecule has 0 aliphatic carbocycles. The summed E-state index contributed by atoms with van der Waals surface area (Å²) >= 11 is 0. The first-order valence-corrected chi connectivity index (χ1v) is 11.5. The molecule has 0 aliphatic heterocycles. The van der Waals surface area contributed by atoms with Crippen LogP contribution in [-0.4, -0.2) is 35.2 Å². The highest BCUT2D eigenvalue weighted by molar-refractivity contribution is 6.02. The molecule has 0 aliphatic rings. The number of aromatic nitrogens is 7. The quantitative estimate of drug-likeness (QED) is 0.369. The number of hydrogen-bond donors (Lipinski definition) is 1. The van der Waals surface area contributed by atoms with Gasteiger partial charge in [-0.05, 0) is 52.6 Å². The Morgan fingerprint density at radius 1 is 1.00 bits per heavy atom. The minimum absolute atomic E-state index is 0.338. The van der Waals surface area contributed by atoms with E-state index < -0.39 is 0 Å². The van der Waals surface area contributed by atoms with Gasteiger partial charge in [-0.15, -0.1) is 5.10 Å². The number of pyridine rings is 1. The zero-order valence-corrected chi connectivity index (χ0v) is 19.8. The number of allylic oxidation sites excluding steroid dienone is 1. The van der Waals surface area contributed by atoms with Crippen LogP contribution >= 0.6 is 0 Å². The van der Waals surface area contributed by atoms with Gasteiger partial charge in [0.1, 0.15) is 23.0 Å². The highest BCUT2D eigenvalue weighted by atomic mass is 15.5. The lowest BCUT2D eigenvalue weighted by molar-refractivity contribution is 0.745. The summed E-state index contributed by atoms with van der Waals surface area (Å²) in [6.07, 6.45) is 0.824. The van der Waals surface area contributed by atoms with Crippen LogP contribution in [0, 0.1) is 25.2 Å². The Labute approximate surface area is 203 Å². The van der Waals surface area contributed by atoms with Crippen LogP contribution in [0.1, 0.15) is 46.5 Å². The number of nitrogens with one attached hydrogen (secondary N) is 1. The summed E-state index contributed by atoms with van der Waals surface area (Å²) in [4.78, 5) is 9.64. The highest BCUT2D eigenvalue weighted by Gasteiger charge is 2.18. The van der Waals surface area contributed by atoms with Crippen molar-refractivity contribution in [3.63, 3.8) is 0 Å². The van der Waals surface area contributed by atoms with Crippen LogP contribution in [0.15, 0.2) is 60.7 Å². The first-order valence-electron chi connectivity index (χ1n) is 11.5. The Morgan fingerprint density at radius 3 is 2.40 bits per heavy atom. The maximum absolute atomic E-state index is 9.98. The molecule has 0 atom stereocenters. The number of fused-ring (bicyclic) bond motifs is 1. The van der Waals surface area contributed by atoms with Gasteiger partial charge in [0.15, 0.2) is 11.5 Å².